The van der Waals surface area contributed by atoms with E-state index in [-0.39, 0.29) is 11.7 Å². The monoisotopic (exact) mass is 457 g/mol. The zero-order chi connectivity index (χ0) is 22.0. The molecule has 0 aliphatic carbocycles. The second-order valence-electron chi connectivity index (χ2n) is 7.02. The van der Waals surface area contributed by atoms with E-state index in [4.69, 9.17) is 16.3 Å². The first-order valence-corrected chi connectivity index (χ1v) is 11.6. The molecular formula is C22H20ClN3O4S. The van der Waals surface area contributed by atoms with Crippen LogP contribution in [0.2, 0.25) is 5.02 Å². The molecule has 1 fully saturated rings. The van der Waals surface area contributed by atoms with Gasteiger partial charge in [0.25, 0.3) is 5.91 Å². The van der Waals surface area contributed by atoms with Gasteiger partial charge in [-0.25, -0.2) is 8.42 Å². The average Bonchev–Trinajstić information content (AvgIpc) is 3.14. The maximum Gasteiger partial charge on any atom is 0.255 e. The molecule has 160 valence electrons. The smallest absolute Gasteiger partial charge is 0.255 e. The molecule has 1 aromatic heterocycles. The van der Waals surface area contributed by atoms with Gasteiger partial charge in [0.15, 0.2) is 0 Å². The number of aromatic nitrogens is 1. The molecular weight excluding hydrogens is 438 g/mol. The van der Waals surface area contributed by atoms with Crippen LogP contribution in [0.3, 0.4) is 0 Å². The highest BCUT2D eigenvalue weighted by Crippen LogP contribution is 2.30. The summed E-state index contributed by atoms with van der Waals surface area (Å²) >= 11 is 6.32. The maximum atomic E-state index is 12.7. The molecule has 2 heterocycles. The van der Waals surface area contributed by atoms with Crippen LogP contribution in [0.1, 0.15) is 16.8 Å². The van der Waals surface area contributed by atoms with E-state index in [1.807, 2.05) is 0 Å². The number of halogens is 1. The van der Waals surface area contributed by atoms with Gasteiger partial charge in [0.05, 0.1) is 35.5 Å². The number of hydrogen-bond acceptors (Lipinski definition) is 5. The lowest BCUT2D eigenvalue weighted by Gasteiger charge is -2.17. The molecule has 4 rings (SSSR count). The molecule has 3 aromatic rings. The Labute approximate surface area is 185 Å². The fourth-order valence-electron chi connectivity index (χ4n) is 3.37. The Kier molecular flexibility index (Phi) is 5.84. The third-order valence-corrected chi connectivity index (χ3v) is 7.19. The molecule has 0 bridgehead atoms. The summed E-state index contributed by atoms with van der Waals surface area (Å²) < 4.78 is 30.6. The number of nitrogens with one attached hydrogen (secondary N) is 1. The Morgan fingerprint density at radius 1 is 1.13 bits per heavy atom. The maximum absolute atomic E-state index is 12.7. The highest BCUT2D eigenvalue weighted by molar-refractivity contribution is 7.93. The predicted octanol–water partition coefficient (Wildman–Crippen LogP) is 4.20. The summed E-state index contributed by atoms with van der Waals surface area (Å²) in [6.45, 7) is 0.459. The molecule has 9 heteroatoms. The minimum atomic E-state index is -3.26. The number of sulfonamides is 1. The molecule has 31 heavy (non-hydrogen) atoms. The molecule has 1 N–H and O–H groups in total. The Hall–Kier alpha value is -3.10. The number of benzene rings is 2. The fraction of sp³-hybridized carbons (Fsp3) is 0.182. The van der Waals surface area contributed by atoms with Gasteiger partial charge in [0, 0.05) is 23.4 Å². The van der Waals surface area contributed by atoms with Crippen LogP contribution in [0.4, 0.5) is 11.4 Å². The number of anilines is 2. The molecule has 1 saturated heterocycles. The molecule has 7 nitrogen and oxygen atoms in total. The summed E-state index contributed by atoms with van der Waals surface area (Å²) in [4.78, 5) is 17.0. The van der Waals surface area contributed by atoms with Crippen molar-refractivity contribution in [3.8, 4) is 17.0 Å². The van der Waals surface area contributed by atoms with Gasteiger partial charge in [0.2, 0.25) is 10.0 Å². The summed E-state index contributed by atoms with van der Waals surface area (Å²) in [7, 11) is -1.69. The van der Waals surface area contributed by atoms with E-state index in [0.29, 0.717) is 51.9 Å². The molecule has 2 aromatic carbocycles. The van der Waals surface area contributed by atoms with Crippen LogP contribution in [0.5, 0.6) is 5.75 Å². The second-order valence-corrected chi connectivity index (χ2v) is 9.44. The lowest BCUT2D eigenvalue weighted by molar-refractivity contribution is 0.102. The highest BCUT2D eigenvalue weighted by Gasteiger charge is 2.28. The van der Waals surface area contributed by atoms with Crippen LogP contribution < -0.4 is 14.4 Å². The highest BCUT2D eigenvalue weighted by atomic mass is 35.5. The van der Waals surface area contributed by atoms with Crippen molar-refractivity contribution < 1.29 is 17.9 Å². The van der Waals surface area contributed by atoms with Crippen molar-refractivity contribution in [2.75, 3.05) is 29.0 Å². The summed E-state index contributed by atoms with van der Waals surface area (Å²) in [5.74, 6) is 0.471. The van der Waals surface area contributed by atoms with E-state index in [1.54, 1.807) is 67.9 Å². The number of pyridine rings is 1. The SMILES string of the molecule is COc1ccc(-c2cc(NC(=O)c3ccc(N4CCCS4(=O)=O)cc3)ccc2Cl)nc1. The first-order chi connectivity index (χ1) is 14.9. The molecule has 0 unspecified atom stereocenters. The van der Waals surface area contributed by atoms with Crippen molar-refractivity contribution >= 4 is 38.9 Å². The van der Waals surface area contributed by atoms with Crippen molar-refractivity contribution in [2.24, 2.45) is 0 Å². The molecule has 0 saturated carbocycles. The Bertz CT molecular complexity index is 1210. The van der Waals surface area contributed by atoms with Gasteiger partial charge in [-0.05, 0) is 61.0 Å². The number of ether oxygens (including phenoxy) is 1. The van der Waals surface area contributed by atoms with Crippen LogP contribution in [-0.2, 0) is 10.0 Å². The third-order valence-electron chi connectivity index (χ3n) is 4.99. The molecule has 1 amide bonds. The summed E-state index contributed by atoms with van der Waals surface area (Å²) in [6.07, 6.45) is 2.20. The van der Waals surface area contributed by atoms with E-state index in [1.165, 1.54) is 4.31 Å². The largest absolute Gasteiger partial charge is 0.495 e. The molecule has 1 aliphatic rings. The molecule has 1 aliphatic heterocycles. The number of methoxy groups -OCH3 is 1. The van der Waals surface area contributed by atoms with Gasteiger partial charge < -0.3 is 10.1 Å². The van der Waals surface area contributed by atoms with Gasteiger partial charge in [0.1, 0.15) is 5.75 Å². The van der Waals surface area contributed by atoms with Crippen molar-refractivity contribution in [2.45, 2.75) is 6.42 Å². The van der Waals surface area contributed by atoms with Crippen LogP contribution in [0.15, 0.2) is 60.8 Å². The Morgan fingerprint density at radius 3 is 2.52 bits per heavy atom. The summed E-state index contributed by atoms with van der Waals surface area (Å²) in [5.41, 5.74) is 2.87. The molecule has 0 atom stereocenters. The lowest BCUT2D eigenvalue weighted by atomic mass is 10.1. The van der Waals surface area contributed by atoms with E-state index >= 15 is 0 Å². The minimum absolute atomic E-state index is 0.150. The number of rotatable bonds is 5. The number of hydrogen-bond donors (Lipinski definition) is 1. The number of carbonyl (C=O) groups is 1. The summed E-state index contributed by atoms with van der Waals surface area (Å²) in [6, 6.07) is 15.2. The van der Waals surface area contributed by atoms with Crippen molar-refractivity contribution in [1.29, 1.82) is 0 Å². The Morgan fingerprint density at radius 2 is 1.90 bits per heavy atom. The normalized spacial score (nSPS) is 15.0. The fourth-order valence-corrected chi connectivity index (χ4v) is 5.15. The van der Waals surface area contributed by atoms with Crippen LogP contribution >= 0.6 is 11.6 Å². The van der Waals surface area contributed by atoms with Crippen LogP contribution in [-0.4, -0.2) is 38.7 Å². The predicted molar refractivity (Wildman–Crippen MR) is 121 cm³/mol. The number of carbonyl (C=O) groups excluding carboxylic acids is 1. The second kappa shape index (κ2) is 8.56. The van der Waals surface area contributed by atoms with Crippen LogP contribution in [0, 0.1) is 0 Å². The topological polar surface area (TPSA) is 88.6 Å². The van der Waals surface area contributed by atoms with Gasteiger partial charge in [-0.3, -0.25) is 14.1 Å². The quantitative estimate of drug-likeness (QED) is 0.620. The van der Waals surface area contributed by atoms with Crippen molar-refractivity contribution in [3.05, 3.63) is 71.4 Å². The van der Waals surface area contributed by atoms with Gasteiger partial charge >= 0.3 is 0 Å². The Balaban J connectivity index is 1.52. The first-order valence-electron chi connectivity index (χ1n) is 9.59. The summed E-state index contributed by atoms with van der Waals surface area (Å²) in [5, 5.41) is 3.35. The first kappa shape index (κ1) is 21.1. The zero-order valence-electron chi connectivity index (χ0n) is 16.7. The average molecular weight is 458 g/mol. The van der Waals surface area contributed by atoms with E-state index in [2.05, 4.69) is 10.3 Å². The zero-order valence-corrected chi connectivity index (χ0v) is 18.3. The van der Waals surface area contributed by atoms with Gasteiger partial charge in [-0.15, -0.1) is 0 Å². The number of amides is 1. The van der Waals surface area contributed by atoms with Crippen molar-refractivity contribution in [3.63, 3.8) is 0 Å². The number of nitrogens with zero attached hydrogens (tertiary/aromatic N) is 2. The molecule has 0 spiro atoms. The lowest BCUT2D eigenvalue weighted by Crippen LogP contribution is -2.25. The molecule has 0 radical (unpaired) electrons. The minimum Gasteiger partial charge on any atom is -0.495 e. The van der Waals surface area contributed by atoms with Gasteiger partial charge in [-0.1, -0.05) is 11.6 Å². The standard InChI is InChI=1S/C22H20ClN3O4S/c1-30-18-8-10-21(24-14-18)19-13-16(5-9-20(19)23)25-22(27)15-3-6-17(7-4-15)26-11-2-12-31(26,28)29/h3-10,13-14H,2,11-12H2,1H3,(H,25,27). The third kappa shape index (κ3) is 4.50. The van der Waals surface area contributed by atoms with Crippen LogP contribution in [0.25, 0.3) is 11.3 Å². The van der Waals surface area contributed by atoms with E-state index in [9.17, 15) is 13.2 Å². The van der Waals surface area contributed by atoms with Crippen molar-refractivity contribution in [1.82, 2.24) is 4.98 Å². The van der Waals surface area contributed by atoms with E-state index in [0.717, 1.165) is 0 Å². The van der Waals surface area contributed by atoms with Gasteiger partial charge in [-0.2, -0.15) is 0 Å². The van der Waals surface area contributed by atoms with E-state index < -0.39 is 10.0 Å².